The summed E-state index contributed by atoms with van der Waals surface area (Å²) in [6.45, 7) is 1.59. The largest absolute Gasteiger partial charge is 0.342 e. The Hall–Kier alpha value is -1.71. The van der Waals surface area contributed by atoms with Crippen molar-refractivity contribution in [3.63, 3.8) is 0 Å². The number of pyridine rings is 1. The molecular weight excluding hydrogens is 204 g/mol. The van der Waals surface area contributed by atoms with Crippen molar-refractivity contribution < 1.29 is 9.59 Å². The summed E-state index contributed by atoms with van der Waals surface area (Å²) < 4.78 is 0. The molecule has 0 radical (unpaired) electrons. The molecule has 4 nitrogen and oxygen atoms in total. The van der Waals surface area contributed by atoms with Gasteiger partial charge in [0.05, 0.1) is 6.42 Å². The van der Waals surface area contributed by atoms with Crippen molar-refractivity contribution in [1.82, 2.24) is 9.88 Å². The van der Waals surface area contributed by atoms with Crippen molar-refractivity contribution in [3.8, 4) is 0 Å². The van der Waals surface area contributed by atoms with E-state index >= 15 is 0 Å². The molecule has 1 aromatic rings. The molecule has 0 saturated carbocycles. The zero-order valence-electron chi connectivity index (χ0n) is 9.06. The summed E-state index contributed by atoms with van der Waals surface area (Å²) in [7, 11) is 0. The Balaban J connectivity index is 1.94. The van der Waals surface area contributed by atoms with E-state index in [1.807, 2.05) is 0 Å². The minimum Gasteiger partial charge on any atom is -0.342 e. The number of aromatic nitrogens is 1. The van der Waals surface area contributed by atoms with E-state index in [1.165, 1.54) is 0 Å². The van der Waals surface area contributed by atoms with Gasteiger partial charge in [0, 0.05) is 31.0 Å². The van der Waals surface area contributed by atoms with Crippen LogP contribution in [-0.4, -0.2) is 34.7 Å². The van der Waals surface area contributed by atoms with Gasteiger partial charge in [0.1, 0.15) is 0 Å². The summed E-state index contributed by atoms with van der Waals surface area (Å²) in [5.74, 6) is -0.182. The molecule has 0 atom stereocenters. The van der Waals surface area contributed by atoms with Crippen LogP contribution in [-0.2, 0) is 4.79 Å². The van der Waals surface area contributed by atoms with E-state index in [0.29, 0.717) is 5.56 Å². The van der Waals surface area contributed by atoms with Crippen molar-refractivity contribution in [2.24, 2.45) is 0 Å². The Bertz CT molecular complexity index is 383. The zero-order valence-corrected chi connectivity index (χ0v) is 9.06. The number of ketones is 1. The number of carbonyl (C=O) groups is 2. The Labute approximate surface area is 94.3 Å². The lowest BCUT2D eigenvalue weighted by Crippen LogP contribution is -2.29. The molecule has 2 rings (SSSR count). The highest BCUT2D eigenvalue weighted by atomic mass is 16.2. The first-order chi connectivity index (χ1) is 7.77. The van der Waals surface area contributed by atoms with Crippen molar-refractivity contribution in [3.05, 3.63) is 30.1 Å². The molecule has 2 heterocycles. The molecule has 0 unspecified atom stereocenters. The maximum absolute atomic E-state index is 11.7. The number of hydrogen-bond donors (Lipinski definition) is 0. The number of likely N-dealkylation sites (tertiary alicyclic amines) is 1. The summed E-state index contributed by atoms with van der Waals surface area (Å²) in [5.41, 5.74) is 0.558. The minimum absolute atomic E-state index is 0.0238. The van der Waals surface area contributed by atoms with Crippen LogP contribution in [0.3, 0.4) is 0 Å². The Kier molecular flexibility index (Phi) is 3.29. The summed E-state index contributed by atoms with van der Waals surface area (Å²) in [6.07, 6.45) is 5.20. The van der Waals surface area contributed by atoms with Gasteiger partial charge in [0.15, 0.2) is 5.78 Å². The van der Waals surface area contributed by atoms with Crippen LogP contribution in [0.15, 0.2) is 24.5 Å². The summed E-state index contributed by atoms with van der Waals surface area (Å²) >= 11 is 0. The van der Waals surface area contributed by atoms with Crippen LogP contribution in [0.2, 0.25) is 0 Å². The molecule has 1 aromatic heterocycles. The van der Waals surface area contributed by atoms with Crippen LogP contribution in [0.25, 0.3) is 0 Å². The van der Waals surface area contributed by atoms with Crippen LogP contribution in [0.1, 0.15) is 29.6 Å². The number of rotatable bonds is 3. The summed E-state index contributed by atoms with van der Waals surface area (Å²) in [5, 5.41) is 0. The van der Waals surface area contributed by atoms with E-state index in [1.54, 1.807) is 29.4 Å². The second-order valence-corrected chi connectivity index (χ2v) is 3.92. The molecule has 0 bridgehead atoms. The van der Waals surface area contributed by atoms with Crippen LogP contribution >= 0.6 is 0 Å². The molecular formula is C12H14N2O2. The third kappa shape index (κ3) is 2.45. The summed E-state index contributed by atoms with van der Waals surface area (Å²) in [4.78, 5) is 29.1. The number of nitrogens with zero attached hydrogens (tertiary/aromatic N) is 2. The van der Waals surface area contributed by atoms with E-state index in [4.69, 9.17) is 0 Å². The van der Waals surface area contributed by atoms with E-state index in [-0.39, 0.29) is 18.1 Å². The molecule has 0 N–H and O–H groups in total. The van der Waals surface area contributed by atoms with Crippen molar-refractivity contribution in [1.29, 1.82) is 0 Å². The molecule has 1 amide bonds. The van der Waals surface area contributed by atoms with Gasteiger partial charge in [-0.25, -0.2) is 0 Å². The quantitative estimate of drug-likeness (QED) is 0.567. The van der Waals surface area contributed by atoms with Gasteiger partial charge < -0.3 is 4.90 Å². The molecule has 1 fully saturated rings. The standard InChI is InChI=1S/C12H14N2O2/c15-11(10-3-5-13-6-4-10)9-12(16)14-7-1-2-8-14/h3-6H,1-2,7-9H2. The van der Waals surface area contributed by atoms with Crippen molar-refractivity contribution in [2.75, 3.05) is 13.1 Å². The lowest BCUT2D eigenvalue weighted by Gasteiger charge is -2.14. The van der Waals surface area contributed by atoms with E-state index in [0.717, 1.165) is 25.9 Å². The van der Waals surface area contributed by atoms with Crippen LogP contribution in [0.4, 0.5) is 0 Å². The highest BCUT2D eigenvalue weighted by Gasteiger charge is 2.20. The second kappa shape index (κ2) is 4.88. The lowest BCUT2D eigenvalue weighted by atomic mass is 10.1. The predicted molar refractivity (Wildman–Crippen MR) is 59.0 cm³/mol. The van der Waals surface area contributed by atoms with E-state index in [9.17, 15) is 9.59 Å². The predicted octanol–water partition coefficient (Wildman–Crippen LogP) is 1.28. The van der Waals surface area contributed by atoms with Crippen molar-refractivity contribution in [2.45, 2.75) is 19.3 Å². The maximum Gasteiger partial charge on any atom is 0.230 e. The average Bonchev–Trinajstić information content (AvgIpc) is 2.83. The lowest BCUT2D eigenvalue weighted by molar-refractivity contribution is -0.129. The van der Waals surface area contributed by atoms with Gasteiger partial charge in [-0.2, -0.15) is 0 Å². The van der Waals surface area contributed by atoms with Gasteiger partial charge >= 0.3 is 0 Å². The first-order valence-corrected chi connectivity index (χ1v) is 5.48. The molecule has 1 aliphatic rings. The molecule has 0 spiro atoms. The molecule has 0 aromatic carbocycles. The third-order valence-electron chi connectivity index (χ3n) is 2.77. The van der Waals surface area contributed by atoms with Crippen LogP contribution < -0.4 is 0 Å². The van der Waals surface area contributed by atoms with Crippen LogP contribution in [0.5, 0.6) is 0 Å². The van der Waals surface area contributed by atoms with Gasteiger partial charge in [-0.05, 0) is 25.0 Å². The van der Waals surface area contributed by atoms with E-state index in [2.05, 4.69) is 4.98 Å². The fourth-order valence-corrected chi connectivity index (χ4v) is 1.86. The number of Topliss-reactive ketones (excluding diaryl/α,β-unsaturated/α-hetero) is 1. The highest BCUT2D eigenvalue weighted by Crippen LogP contribution is 2.10. The first-order valence-electron chi connectivity index (χ1n) is 5.48. The van der Waals surface area contributed by atoms with Gasteiger partial charge in [0.25, 0.3) is 0 Å². The molecule has 1 saturated heterocycles. The Morgan fingerprint density at radius 3 is 2.44 bits per heavy atom. The first kappa shape index (κ1) is 10.8. The normalized spacial score (nSPS) is 15.1. The fraction of sp³-hybridized carbons (Fsp3) is 0.417. The minimum atomic E-state index is -0.126. The van der Waals surface area contributed by atoms with Gasteiger partial charge in [-0.1, -0.05) is 0 Å². The summed E-state index contributed by atoms with van der Waals surface area (Å²) in [6, 6.07) is 3.28. The highest BCUT2D eigenvalue weighted by molar-refractivity contribution is 6.07. The molecule has 4 heteroatoms. The molecule has 0 aliphatic carbocycles. The number of carbonyl (C=O) groups excluding carboxylic acids is 2. The Morgan fingerprint density at radius 1 is 1.19 bits per heavy atom. The van der Waals surface area contributed by atoms with Gasteiger partial charge in [-0.3, -0.25) is 14.6 Å². The third-order valence-corrected chi connectivity index (χ3v) is 2.77. The van der Waals surface area contributed by atoms with E-state index < -0.39 is 0 Å². The smallest absolute Gasteiger partial charge is 0.230 e. The van der Waals surface area contributed by atoms with Crippen LogP contribution in [0, 0.1) is 0 Å². The topological polar surface area (TPSA) is 50.3 Å². The second-order valence-electron chi connectivity index (χ2n) is 3.92. The number of amides is 1. The maximum atomic E-state index is 11.7. The SMILES string of the molecule is O=C(CC(=O)N1CCCC1)c1ccncc1. The van der Waals surface area contributed by atoms with Crippen molar-refractivity contribution >= 4 is 11.7 Å². The zero-order chi connectivity index (χ0) is 11.4. The molecule has 1 aliphatic heterocycles. The number of hydrogen-bond acceptors (Lipinski definition) is 3. The molecule has 16 heavy (non-hydrogen) atoms. The van der Waals surface area contributed by atoms with Gasteiger partial charge in [0.2, 0.25) is 5.91 Å². The van der Waals surface area contributed by atoms with Gasteiger partial charge in [-0.15, -0.1) is 0 Å². The fourth-order valence-electron chi connectivity index (χ4n) is 1.86. The Morgan fingerprint density at radius 2 is 1.81 bits per heavy atom. The monoisotopic (exact) mass is 218 g/mol. The average molecular weight is 218 g/mol. The molecule has 84 valence electrons.